The van der Waals surface area contributed by atoms with Crippen LogP contribution in [0.2, 0.25) is 0 Å². The highest BCUT2D eigenvalue weighted by atomic mass is 19.1. The lowest BCUT2D eigenvalue weighted by molar-refractivity contribution is 0.183. The highest BCUT2D eigenvalue weighted by molar-refractivity contribution is 5.59. The van der Waals surface area contributed by atoms with Gasteiger partial charge in [-0.1, -0.05) is 12.1 Å². The minimum Gasteiger partial charge on any atom is -0.385 e. The second-order valence-electron chi connectivity index (χ2n) is 6.19. The van der Waals surface area contributed by atoms with Gasteiger partial charge in [-0.15, -0.1) is 5.10 Å². The molecule has 1 aliphatic rings. The van der Waals surface area contributed by atoms with Crippen molar-refractivity contribution in [2.75, 3.05) is 31.7 Å². The van der Waals surface area contributed by atoms with Crippen molar-refractivity contribution in [1.29, 1.82) is 0 Å². The summed E-state index contributed by atoms with van der Waals surface area (Å²) in [4.78, 5) is 6.66. The van der Waals surface area contributed by atoms with Crippen LogP contribution in [0.25, 0.3) is 11.3 Å². The third-order valence-corrected chi connectivity index (χ3v) is 4.56. The van der Waals surface area contributed by atoms with Crippen LogP contribution < -0.4 is 4.90 Å². The first-order chi connectivity index (χ1) is 11.8. The zero-order chi connectivity index (χ0) is 16.8. The fourth-order valence-corrected chi connectivity index (χ4v) is 3.16. The number of aromatic nitrogens is 3. The Bertz CT molecular complexity index is 659. The van der Waals surface area contributed by atoms with Crippen molar-refractivity contribution in [2.45, 2.75) is 25.7 Å². The molecule has 2 heterocycles. The molecule has 24 heavy (non-hydrogen) atoms. The third kappa shape index (κ3) is 4.06. The first-order valence-electron chi connectivity index (χ1n) is 8.46. The van der Waals surface area contributed by atoms with E-state index >= 15 is 0 Å². The van der Waals surface area contributed by atoms with E-state index in [2.05, 4.69) is 20.1 Å². The van der Waals surface area contributed by atoms with Gasteiger partial charge in [-0.3, -0.25) is 0 Å². The van der Waals surface area contributed by atoms with Crippen molar-refractivity contribution in [3.8, 4) is 11.3 Å². The maximum absolute atomic E-state index is 13.9. The lowest BCUT2D eigenvalue weighted by Gasteiger charge is -2.31. The van der Waals surface area contributed by atoms with Gasteiger partial charge in [-0.05, 0) is 43.7 Å². The molecular weight excluding hydrogens is 307 g/mol. The van der Waals surface area contributed by atoms with Crippen molar-refractivity contribution in [2.24, 2.45) is 5.92 Å². The van der Waals surface area contributed by atoms with Crippen molar-refractivity contribution in [3.63, 3.8) is 0 Å². The minimum absolute atomic E-state index is 0.291. The Balaban J connectivity index is 1.64. The Morgan fingerprint density at radius 3 is 2.79 bits per heavy atom. The van der Waals surface area contributed by atoms with Crippen LogP contribution in [-0.2, 0) is 4.74 Å². The van der Waals surface area contributed by atoms with Crippen LogP contribution in [0, 0.1) is 11.7 Å². The van der Waals surface area contributed by atoms with E-state index in [0.29, 0.717) is 17.2 Å². The van der Waals surface area contributed by atoms with Gasteiger partial charge in [0.15, 0.2) is 0 Å². The van der Waals surface area contributed by atoms with Crippen LogP contribution in [-0.4, -0.2) is 42.0 Å². The van der Waals surface area contributed by atoms with Gasteiger partial charge in [-0.2, -0.15) is 5.10 Å². The van der Waals surface area contributed by atoms with Gasteiger partial charge in [-0.25, -0.2) is 9.37 Å². The zero-order valence-electron chi connectivity index (χ0n) is 14.0. The molecule has 2 aromatic rings. The molecule has 6 heteroatoms. The lowest BCUT2D eigenvalue weighted by atomic mass is 9.92. The van der Waals surface area contributed by atoms with Crippen LogP contribution >= 0.6 is 0 Å². The van der Waals surface area contributed by atoms with Gasteiger partial charge in [0, 0.05) is 32.4 Å². The topological polar surface area (TPSA) is 51.1 Å². The van der Waals surface area contributed by atoms with Crippen LogP contribution in [0.15, 0.2) is 30.5 Å². The molecule has 1 aromatic carbocycles. The number of hydrogen-bond donors (Lipinski definition) is 0. The SMILES string of the molecule is COCCCC1CCN(c2nncc(-c3ccccc3F)n2)CC1. The van der Waals surface area contributed by atoms with E-state index in [1.54, 1.807) is 25.3 Å². The molecule has 1 aromatic heterocycles. The standard InChI is InChI=1S/C18H23FN4O/c1-24-12-4-5-14-8-10-23(11-9-14)18-21-17(13-20-22-18)15-6-2-3-7-16(15)19/h2-3,6-7,13-14H,4-5,8-12H2,1H3. The number of methoxy groups -OCH3 is 1. The smallest absolute Gasteiger partial charge is 0.245 e. The van der Waals surface area contributed by atoms with Crippen molar-refractivity contribution < 1.29 is 9.13 Å². The van der Waals surface area contributed by atoms with E-state index in [1.165, 1.54) is 18.7 Å². The second kappa shape index (κ2) is 8.15. The maximum Gasteiger partial charge on any atom is 0.245 e. The van der Waals surface area contributed by atoms with Gasteiger partial charge < -0.3 is 9.64 Å². The van der Waals surface area contributed by atoms with Gasteiger partial charge in [0.25, 0.3) is 0 Å². The molecule has 0 bridgehead atoms. The summed E-state index contributed by atoms with van der Waals surface area (Å²) in [6.07, 6.45) is 6.07. The van der Waals surface area contributed by atoms with E-state index in [1.807, 2.05) is 0 Å². The summed E-state index contributed by atoms with van der Waals surface area (Å²) in [6, 6.07) is 6.61. The molecule has 0 unspecified atom stereocenters. The Kier molecular flexibility index (Phi) is 5.69. The summed E-state index contributed by atoms with van der Waals surface area (Å²) in [5.74, 6) is 1.03. The molecule has 0 aliphatic carbocycles. The number of anilines is 1. The summed E-state index contributed by atoms with van der Waals surface area (Å²) < 4.78 is 19.1. The molecule has 1 saturated heterocycles. The highest BCUT2D eigenvalue weighted by Crippen LogP contribution is 2.26. The summed E-state index contributed by atoms with van der Waals surface area (Å²) in [5.41, 5.74) is 0.989. The van der Waals surface area contributed by atoms with E-state index < -0.39 is 0 Å². The molecule has 5 nitrogen and oxygen atoms in total. The minimum atomic E-state index is -0.291. The molecule has 0 amide bonds. The summed E-state index contributed by atoms with van der Waals surface area (Å²) in [5, 5.41) is 8.16. The Hall–Kier alpha value is -2.08. The summed E-state index contributed by atoms with van der Waals surface area (Å²) in [7, 11) is 1.75. The van der Waals surface area contributed by atoms with Gasteiger partial charge >= 0.3 is 0 Å². The highest BCUT2D eigenvalue weighted by Gasteiger charge is 2.21. The molecule has 0 spiro atoms. The predicted molar refractivity (Wildman–Crippen MR) is 91.3 cm³/mol. The van der Waals surface area contributed by atoms with Crippen LogP contribution in [0.4, 0.5) is 10.3 Å². The van der Waals surface area contributed by atoms with Gasteiger partial charge in [0.05, 0.1) is 11.9 Å². The Morgan fingerprint density at radius 2 is 2.04 bits per heavy atom. The number of nitrogens with zero attached hydrogens (tertiary/aromatic N) is 4. The zero-order valence-corrected chi connectivity index (χ0v) is 14.0. The van der Waals surface area contributed by atoms with E-state index in [9.17, 15) is 4.39 Å². The summed E-state index contributed by atoms with van der Waals surface area (Å²) >= 11 is 0. The number of halogens is 1. The third-order valence-electron chi connectivity index (χ3n) is 4.56. The largest absolute Gasteiger partial charge is 0.385 e. The van der Waals surface area contributed by atoms with Crippen LogP contribution in [0.5, 0.6) is 0 Å². The normalized spacial score (nSPS) is 15.7. The first-order valence-corrected chi connectivity index (χ1v) is 8.46. The van der Waals surface area contributed by atoms with E-state index in [-0.39, 0.29) is 5.82 Å². The fraction of sp³-hybridized carbons (Fsp3) is 0.500. The van der Waals surface area contributed by atoms with Crippen LogP contribution in [0.3, 0.4) is 0 Å². The Morgan fingerprint density at radius 1 is 1.25 bits per heavy atom. The molecule has 0 atom stereocenters. The first kappa shape index (κ1) is 16.8. The van der Waals surface area contributed by atoms with E-state index in [0.717, 1.165) is 44.9 Å². The summed E-state index contributed by atoms with van der Waals surface area (Å²) in [6.45, 7) is 2.66. The molecule has 0 N–H and O–H groups in total. The monoisotopic (exact) mass is 330 g/mol. The van der Waals surface area contributed by atoms with E-state index in [4.69, 9.17) is 4.74 Å². The number of ether oxygens (including phenoxy) is 1. The molecular formula is C18H23FN4O. The maximum atomic E-state index is 13.9. The predicted octanol–water partition coefficient (Wildman–Crippen LogP) is 3.32. The molecule has 0 saturated carbocycles. The molecule has 1 aliphatic heterocycles. The fourth-order valence-electron chi connectivity index (χ4n) is 3.16. The van der Waals surface area contributed by atoms with Crippen molar-refractivity contribution in [1.82, 2.24) is 15.2 Å². The van der Waals surface area contributed by atoms with Gasteiger partial charge in [0.1, 0.15) is 5.82 Å². The number of piperidine rings is 1. The quantitative estimate of drug-likeness (QED) is 0.761. The Labute approximate surface area is 141 Å². The molecule has 128 valence electrons. The number of rotatable bonds is 6. The number of hydrogen-bond acceptors (Lipinski definition) is 5. The lowest BCUT2D eigenvalue weighted by Crippen LogP contribution is -2.35. The van der Waals surface area contributed by atoms with Crippen LogP contribution in [0.1, 0.15) is 25.7 Å². The van der Waals surface area contributed by atoms with Crippen molar-refractivity contribution in [3.05, 3.63) is 36.3 Å². The van der Waals surface area contributed by atoms with Gasteiger partial charge in [0.2, 0.25) is 5.95 Å². The molecule has 3 rings (SSSR count). The average molecular weight is 330 g/mol. The number of benzene rings is 1. The van der Waals surface area contributed by atoms with Crippen molar-refractivity contribution >= 4 is 5.95 Å². The molecule has 0 radical (unpaired) electrons. The average Bonchev–Trinajstić information content (AvgIpc) is 2.63. The second-order valence-corrected chi connectivity index (χ2v) is 6.19. The molecule has 1 fully saturated rings.